The van der Waals surface area contributed by atoms with E-state index >= 15 is 0 Å². The van der Waals surface area contributed by atoms with Gasteiger partial charge in [-0.1, -0.05) is 0 Å². The Bertz CT molecular complexity index is 852. The van der Waals surface area contributed by atoms with E-state index in [0.29, 0.717) is 15.6 Å². The molecule has 0 bridgehead atoms. The number of hydrogen-bond acceptors (Lipinski definition) is 2. The van der Waals surface area contributed by atoms with Crippen LogP contribution in [0.15, 0.2) is 59.5 Å². The predicted molar refractivity (Wildman–Crippen MR) is 113 cm³/mol. The first-order chi connectivity index (χ1) is 12.9. The molecule has 0 aromatic heterocycles. The van der Waals surface area contributed by atoms with Gasteiger partial charge in [-0.3, -0.25) is 0 Å². The fraction of sp³-hybridized carbons (Fsp3) is 0.455. The van der Waals surface area contributed by atoms with Gasteiger partial charge in [0.1, 0.15) is 0 Å². The maximum absolute atomic E-state index is 13.5. The summed E-state index contributed by atoms with van der Waals surface area (Å²) in [4.78, 5) is 0.816. The predicted octanol–water partition coefficient (Wildman–Crippen LogP) is 4.01. The molecular weight excluding hydrogens is 421 g/mol. The van der Waals surface area contributed by atoms with E-state index in [2.05, 4.69) is 45.0 Å². The van der Waals surface area contributed by atoms with Crippen molar-refractivity contribution in [1.82, 2.24) is 4.31 Å². The quantitative estimate of drug-likeness (QED) is 0.624. The minimum absolute atomic E-state index is 0.0171. The molecule has 1 saturated heterocycles. The van der Waals surface area contributed by atoms with E-state index in [1.54, 1.807) is 12.1 Å². The van der Waals surface area contributed by atoms with Crippen molar-refractivity contribution in [3.63, 3.8) is 0 Å². The standard InChI is InChI=1S/C22H29NO2SSe/c1-5-9-21-22(27-20-10-7-6-8-11-20)17(3)18(4)23(21)26(24,25)19-14-12-16(2)13-15-19/h6-8,10-15,17-18,21-22H,5,9H2,1-4H3/t17-,18-,21+,22-/m1/s1. The fourth-order valence-corrected chi connectivity index (χ4v) is 9.22. The van der Waals surface area contributed by atoms with Crippen LogP contribution in [-0.4, -0.2) is 39.8 Å². The molecule has 2 aromatic carbocycles. The van der Waals surface area contributed by atoms with E-state index in [1.165, 1.54) is 4.46 Å². The van der Waals surface area contributed by atoms with E-state index in [4.69, 9.17) is 0 Å². The molecule has 1 aliphatic heterocycles. The molecule has 0 N–H and O–H groups in total. The third-order valence-electron chi connectivity index (χ3n) is 5.58. The van der Waals surface area contributed by atoms with Crippen LogP contribution in [0.1, 0.15) is 39.2 Å². The van der Waals surface area contributed by atoms with E-state index < -0.39 is 10.0 Å². The Balaban J connectivity index is 1.97. The topological polar surface area (TPSA) is 37.4 Å². The molecule has 5 heteroatoms. The Morgan fingerprint density at radius 1 is 1.00 bits per heavy atom. The van der Waals surface area contributed by atoms with Gasteiger partial charge in [-0.25, -0.2) is 0 Å². The fourth-order valence-electron chi connectivity index (χ4n) is 3.96. The van der Waals surface area contributed by atoms with Crippen LogP contribution in [0, 0.1) is 12.8 Å². The number of nitrogens with zero attached hydrogens (tertiary/aromatic N) is 1. The molecule has 1 aliphatic rings. The summed E-state index contributed by atoms with van der Waals surface area (Å²) in [5.41, 5.74) is 1.08. The Kier molecular flexibility index (Phi) is 6.47. The van der Waals surface area contributed by atoms with E-state index in [1.807, 2.05) is 29.4 Å². The van der Waals surface area contributed by atoms with Crippen molar-refractivity contribution in [2.75, 3.05) is 0 Å². The van der Waals surface area contributed by atoms with Crippen molar-refractivity contribution in [3.8, 4) is 0 Å². The average Bonchev–Trinajstić information content (AvgIpc) is 2.88. The maximum atomic E-state index is 13.5. The molecule has 3 nitrogen and oxygen atoms in total. The van der Waals surface area contributed by atoms with Crippen LogP contribution in [-0.2, 0) is 10.0 Å². The Hall–Kier alpha value is -1.13. The summed E-state index contributed by atoms with van der Waals surface area (Å²) in [6.45, 7) is 8.44. The second-order valence-corrected chi connectivity index (χ2v) is 12.0. The van der Waals surface area contributed by atoms with E-state index in [0.717, 1.165) is 18.4 Å². The number of hydrogen-bond donors (Lipinski definition) is 0. The van der Waals surface area contributed by atoms with Gasteiger partial charge < -0.3 is 0 Å². The first-order valence-electron chi connectivity index (χ1n) is 9.68. The van der Waals surface area contributed by atoms with Crippen molar-refractivity contribution >= 4 is 29.4 Å². The van der Waals surface area contributed by atoms with Crippen LogP contribution in [0.4, 0.5) is 0 Å². The van der Waals surface area contributed by atoms with Gasteiger partial charge in [0.05, 0.1) is 0 Å². The molecule has 146 valence electrons. The van der Waals surface area contributed by atoms with Crippen LogP contribution in [0.5, 0.6) is 0 Å². The van der Waals surface area contributed by atoms with Crippen LogP contribution < -0.4 is 4.46 Å². The molecule has 1 fully saturated rings. The van der Waals surface area contributed by atoms with E-state index in [9.17, 15) is 8.42 Å². The SMILES string of the molecule is CCC[C@H]1[C@H]([Se]c2ccccc2)[C@H](C)[C@@H](C)N1S(=O)(=O)c1ccc(C)cc1. The zero-order valence-electron chi connectivity index (χ0n) is 16.5. The molecule has 0 spiro atoms. The first kappa shape index (κ1) is 20.6. The number of aryl methyl sites for hydroxylation is 1. The van der Waals surface area contributed by atoms with E-state index in [-0.39, 0.29) is 27.0 Å². The minimum atomic E-state index is -3.49. The zero-order chi connectivity index (χ0) is 19.6. The summed E-state index contributed by atoms with van der Waals surface area (Å²) in [5, 5.41) is 0. The van der Waals surface area contributed by atoms with Gasteiger partial charge >= 0.3 is 171 Å². The van der Waals surface area contributed by atoms with Crippen molar-refractivity contribution in [1.29, 1.82) is 0 Å². The van der Waals surface area contributed by atoms with Gasteiger partial charge in [-0.2, -0.15) is 0 Å². The summed E-state index contributed by atoms with van der Waals surface area (Å²) in [6.07, 6.45) is 1.91. The van der Waals surface area contributed by atoms with Crippen molar-refractivity contribution in [3.05, 3.63) is 60.2 Å². The monoisotopic (exact) mass is 451 g/mol. The van der Waals surface area contributed by atoms with Crippen molar-refractivity contribution in [2.45, 2.75) is 62.3 Å². The molecule has 0 amide bonds. The van der Waals surface area contributed by atoms with Gasteiger partial charge in [0.15, 0.2) is 0 Å². The number of sulfonamides is 1. The Morgan fingerprint density at radius 2 is 1.63 bits per heavy atom. The molecule has 0 saturated carbocycles. The Labute approximate surface area is 170 Å². The molecule has 4 atom stereocenters. The van der Waals surface area contributed by atoms with Gasteiger partial charge in [0, 0.05) is 0 Å². The van der Waals surface area contributed by atoms with Gasteiger partial charge in [-0.15, -0.1) is 0 Å². The Morgan fingerprint density at radius 3 is 2.22 bits per heavy atom. The molecule has 27 heavy (non-hydrogen) atoms. The molecule has 2 aromatic rings. The number of rotatable bonds is 6. The summed E-state index contributed by atoms with van der Waals surface area (Å²) in [7, 11) is -3.49. The molecule has 0 aliphatic carbocycles. The van der Waals surface area contributed by atoms with Crippen LogP contribution in [0.3, 0.4) is 0 Å². The van der Waals surface area contributed by atoms with Crippen LogP contribution in [0.2, 0.25) is 4.82 Å². The molecule has 0 radical (unpaired) electrons. The average molecular weight is 451 g/mol. The van der Waals surface area contributed by atoms with Crippen molar-refractivity contribution in [2.24, 2.45) is 5.92 Å². The summed E-state index contributed by atoms with van der Waals surface area (Å²) < 4.78 is 30.2. The normalized spacial score (nSPS) is 26.4. The summed E-state index contributed by atoms with van der Waals surface area (Å²) in [5.74, 6) is 0.349. The second-order valence-electron chi connectivity index (χ2n) is 7.50. The molecule has 0 unspecified atom stereocenters. The van der Waals surface area contributed by atoms with Crippen molar-refractivity contribution < 1.29 is 8.42 Å². The van der Waals surface area contributed by atoms with Gasteiger partial charge in [0.25, 0.3) is 0 Å². The molecule has 1 heterocycles. The third kappa shape index (κ3) is 4.17. The molecule has 3 rings (SSSR count). The van der Waals surface area contributed by atoms with Crippen LogP contribution >= 0.6 is 0 Å². The van der Waals surface area contributed by atoms with Crippen LogP contribution in [0.25, 0.3) is 0 Å². The van der Waals surface area contributed by atoms with Gasteiger partial charge in [-0.05, 0) is 0 Å². The molecular formula is C22H29NO2SSe. The summed E-state index contributed by atoms with van der Waals surface area (Å²) >= 11 is 0.256. The second kappa shape index (κ2) is 8.48. The third-order valence-corrected chi connectivity index (χ3v) is 10.9. The first-order valence-corrected chi connectivity index (χ1v) is 13.0. The summed E-state index contributed by atoms with van der Waals surface area (Å²) in [6, 6.07) is 17.9. The van der Waals surface area contributed by atoms with Gasteiger partial charge in [0.2, 0.25) is 0 Å². The number of benzene rings is 2. The zero-order valence-corrected chi connectivity index (χ0v) is 19.0.